The SMILES string of the molecule is CCCNc1ccc(C(=O)N(CCCO)C2CCC2)cc1. The molecule has 0 unspecified atom stereocenters. The van der Waals surface area contributed by atoms with Gasteiger partial charge in [0, 0.05) is 37.0 Å². The monoisotopic (exact) mass is 290 g/mol. The minimum atomic E-state index is 0.0928. The maximum atomic E-state index is 12.6. The summed E-state index contributed by atoms with van der Waals surface area (Å²) in [6.45, 7) is 3.85. The second-order valence-corrected chi connectivity index (χ2v) is 5.66. The Kier molecular flexibility index (Phi) is 6.05. The standard InChI is InChI=1S/C17H26N2O2/c1-2-11-18-15-9-7-14(8-10-15)17(21)19(12-4-13-20)16-5-3-6-16/h7-10,16,18,20H,2-6,11-13H2,1H3. The van der Waals surface area contributed by atoms with Crippen molar-refractivity contribution in [3.63, 3.8) is 0 Å². The Morgan fingerprint density at radius 3 is 2.57 bits per heavy atom. The van der Waals surface area contributed by atoms with Gasteiger partial charge in [-0.3, -0.25) is 4.79 Å². The molecule has 1 fully saturated rings. The van der Waals surface area contributed by atoms with Gasteiger partial charge in [0.25, 0.3) is 5.91 Å². The van der Waals surface area contributed by atoms with Crippen LogP contribution in [0.4, 0.5) is 5.69 Å². The van der Waals surface area contributed by atoms with E-state index in [1.54, 1.807) is 0 Å². The number of benzene rings is 1. The highest BCUT2D eigenvalue weighted by atomic mass is 16.3. The minimum Gasteiger partial charge on any atom is -0.396 e. The van der Waals surface area contributed by atoms with Crippen LogP contribution >= 0.6 is 0 Å². The van der Waals surface area contributed by atoms with E-state index in [1.807, 2.05) is 29.2 Å². The summed E-state index contributed by atoms with van der Waals surface area (Å²) in [5.41, 5.74) is 1.79. The molecule has 0 radical (unpaired) electrons. The molecule has 1 aromatic carbocycles. The first-order valence-electron chi connectivity index (χ1n) is 8.02. The van der Waals surface area contributed by atoms with E-state index in [1.165, 1.54) is 6.42 Å². The highest BCUT2D eigenvalue weighted by Gasteiger charge is 2.28. The lowest BCUT2D eigenvalue weighted by atomic mass is 9.90. The van der Waals surface area contributed by atoms with Crippen molar-refractivity contribution in [2.75, 3.05) is 25.0 Å². The van der Waals surface area contributed by atoms with Crippen LogP contribution in [0.3, 0.4) is 0 Å². The van der Waals surface area contributed by atoms with Gasteiger partial charge in [-0.25, -0.2) is 0 Å². The number of carbonyl (C=O) groups is 1. The Labute approximate surface area is 127 Å². The molecule has 2 N–H and O–H groups in total. The lowest BCUT2D eigenvalue weighted by molar-refractivity contribution is 0.0562. The summed E-state index contributed by atoms with van der Waals surface area (Å²) in [4.78, 5) is 14.6. The van der Waals surface area contributed by atoms with Crippen molar-refractivity contribution >= 4 is 11.6 Å². The molecule has 1 amide bonds. The summed E-state index contributed by atoms with van der Waals surface area (Å²) >= 11 is 0. The van der Waals surface area contributed by atoms with Crippen LogP contribution in [0.15, 0.2) is 24.3 Å². The van der Waals surface area contributed by atoms with Crippen LogP contribution in [0.5, 0.6) is 0 Å². The molecule has 0 spiro atoms. The average molecular weight is 290 g/mol. The number of anilines is 1. The third-order valence-electron chi connectivity index (χ3n) is 4.04. The predicted octanol–water partition coefficient (Wildman–Crippen LogP) is 2.89. The number of carbonyl (C=O) groups excluding carboxylic acids is 1. The molecule has 1 aliphatic carbocycles. The van der Waals surface area contributed by atoms with Crippen molar-refractivity contribution in [1.82, 2.24) is 4.90 Å². The molecular formula is C17H26N2O2. The first kappa shape index (κ1) is 15.8. The van der Waals surface area contributed by atoms with Crippen LogP contribution in [-0.2, 0) is 0 Å². The smallest absolute Gasteiger partial charge is 0.254 e. The van der Waals surface area contributed by atoms with E-state index < -0.39 is 0 Å². The quantitative estimate of drug-likeness (QED) is 0.774. The van der Waals surface area contributed by atoms with E-state index in [-0.39, 0.29) is 12.5 Å². The molecule has 0 saturated heterocycles. The first-order chi connectivity index (χ1) is 10.3. The molecule has 0 atom stereocenters. The molecule has 0 heterocycles. The molecule has 2 rings (SSSR count). The normalized spacial score (nSPS) is 14.6. The summed E-state index contributed by atoms with van der Waals surface area (Å²) in [6.07, 6.45) is 5.11. The minimum absolute atomic E-state index is 0.0928. The lowest BCUT2D eigenvalue weighted by Crippen LogP contribution is -2.44. The zero-order valence-corrected chi connectivity index (χ0v) is 12.8. The highest BCUT2D eigenvalue weighted by Crippen LogP contribution is 2.26. The van der Waals surface area contributed by atoms with E-state index in [2.05, 4.69) is 12.2 Å². The van der Waals surface area contributed by atoms with E-state index in [9.17, 15) is 4.79 Å². The van der Waals surface area contributed by atoms with Gasteiger partial charge in [0.05, 0.1) is 0 Å². The predicted molar refractivity (Wildman–Crippen MR) is 85.6 cm³/mol. The van der Waals surface area contributed by atoms with Gasteiger partial charge in [0.15, 0.2) is 0 Å². The van der Waals surface area contributed by atoms with Crippen LogP contribution in [0, 0.1) is 0 Å². The topological polar surface area (TPSA) is 52.6 Å². The maximum Gasteiger partial charge on any atom is 0.254 e. The number of nitrogens with zero attached hydrogens (tertiary/aromatic N) is 1. The van der Waals surface area contributed by atoms with Crippen molar-refractivity contribution in [1.29, 1.82) is 0 Å². The number of aliphatic hydroxyl groups excluding tert-OH is 1. The van der Waals surface area contributed by atoms with Crippen molar-refractivity contribution in [2.45, 2.75) is 45.1 Å². The highest BCUT2D eigenvalue weighted by molar-refractivity contribution is 5.94. The molecule has 116 valence electrons. The van der Waals surface area contributed by atoms with Crippen LogP contribution in [0.1, 0.15) is 49.4 Å². The Morgan fingerprint density at radius 2 is 2.05 bits per heavy atom. The zero-order valence-electron chi connectivity index (χ0n) is 12.8. The third-order valence-corrected chi connectivity index (χ3v) is 4.04. The van der Waals surface area contributed by atoms with E-state index >= 15 is 0 Å². The number of amides is 1. The second kappa shape index (κ2) is 8.03. The average Bonchev–Trinajstić information content (AvgIpc) is 2.47. The van der Waals surface area contributed by atoms with Gasteiger partial charge in [-0.15, -0.1) is 0 Å². The van der Waals surface area contributed by atoms with Gasteiger partial charge in [-0.05, 0) is 56.4 Å². The third kappa shape index (κ3) is 4.21. The summed E-state index contributed by atoms with van der Waals surface area (Å²) in [5, 5.41) is 12.3. The van der Waals surface area contributed by atoms with Crippen molar-refractivity contribution in [3.8, 4) is 0 Å². The molecule has 0 aromatic heterocycles. The first-order valence-corrected chi connectivity index (χ1v) is 8.02. The van der Waals surface area contributed by atoms with Gasteiger partial charge < -0.3 is 15.3 Å². The van der Waals surface area contributed by atoms with E-state index in [0.717, 1.165) is 37.1 Å². The van der Waals surface area contributed by atoms with Gasteiger partial charge in [0.1, 0.15) is 0 Å². The van der Waals surface area contributed by atoms with Crippen LogP contribution in [-0.4, -0.2) is 41.7 Å². The largest absolute Gasteiger partial charge is 0.396 e. The molecule has 0 bridgehead atoms. The van der Waals surface area contributed by atoms with E-state index in [0.29, 0.717) is 19.0 Å². The number of hydrogen-bond donors (Lipinski definition) is 2. The summed E-state index contributed by atoms with van der Waals surface area (Å²) in [5.74, 6) is 0.0928. The van der Waals surface area contributed by atoms with Crippen LogP contribution in [0.2, 0.25) is 0 Å². The fourth-order valence-electron chi connectivity index (χ4n) is 2.56. The van der Waals surface area contributed by atoms with Crippen molar-refractivity contribution in [2.24, 2.45) is 0 Å². The van der Waals surface area contributed by atoms with Gasteiger partial charge in [-0.1, -0.05) is 6.92 Å². The summed E-state index contributed by atoms with van der Waals surface area (Å²) in [6, 6.07) is 8.08. The van der Waals surface area contributed by atoms with Crippen molar-refractivity contribution < 1.29 is 9.90 Å². The maximum absolute atomic E-state index is 12.6. The lowest BCUT2D eigenvalue weighted by Gasteiger charge is -2.37. The van der Waals surface area contributed by atoms with Crippen LogP contribution in [0.25, 0.3) is 0 Å². The fourth-order valence-corrected chi connectivity index (χ4v) is 2.56. The van der Waals surface area contributed by atoms with Crippen molar-refractivity contribution in [3.05, 3.63) is 29.8 Å². The van der Waals surface area contributed by atoms with Gasteiger partial charge in [-0.2, -0.15) is 0 Å². The van der Waals surface area contributed by atoms with Gasteiger partial charge >= 0.3 is 0 Å². The summed E-state index contributed by atoms with van der Waals surface area (Å²) in [7, 11) is 0. The number of hydrogen-bond acceptors (Lipinski definition) is 3. The molecule has 1 aliphatic rings. The van der Waals surface area contributed by atoms with Crippen LogP contribution < -0.4 is 5.32 Å². The Balaban J connectivity index is 2.01. The molecule has 1 aromatic rings. The second-order valence-electron chi connectivity index (χ2n) is 5.66. The Hall–Kier alpha value is -1.55. The van der Waals surface area contributed by atoms with Gasteiger partial charge in [0.2, 0.25) is 0 Å². The Morgan fingerprint density at radius 1 is 1.33 bits per heavy atom. The summed E-state index contributed by atoms with van der Waals surface area (Å²) < 4.78 is 0. The fraction of sp³-hybridized carbons (Fsp3) is 0.588. The van der Waals surface area contributed by atoms with E-state index in [4.69, 9.17) is 5.11 Å². The zero-order chi connectivity index (χ0) is 15.1. The number of rotatable bonds is 8. The molecular weight excluding hydrogens is 264 g/mol. The number of nitrogens with one attached hydrogen (secondary N) is 1. The molecule has 4 heteroatoms. The molecule has 4 nitrogen and oxygen atoms in total. The number of aliphatic hydroxyl groups is 1. The Bertz CT molecular complexity index is 441. The molecule has 21 heavy (non-hydrogen) atoms. The molecule has 0 aliphatic heterocycles. The molecule has 1 saturated carbocycles.